The van der Waals surface area contributed by atoms with Crippen molar-refractivity contribution in [1.29, 1.82) is 0 Å². The number of halogens is 1. The smallest absolute Gasteiger partial charge is 0.337 e. The molecule has 142 valence electrons. The molecule has 7 nitrogen and oxygen atoms in total. The van der Waals surface area contributed by atoms with Crippen LogP contribution in [0.1, 0.15) is 23.0 Å². The number of aromatic carboxylic acids is 1. The highest BCUT2D eigenvalue weighted by Crippen LogP contribution is 2.14. The molecular weight excluding hydrogens is 349 g/mol. The van der Waals surface area contributed by atoms with Crippen molar-refractivity contribution in [2.24, 2.45) is 4.99 Å². The number of nitrogens with one attached hydrogen (secondary N) is 2. The Bertz CT molecular complexity index is 838. The molecule has 2 aromatic rings. The first-order valence-corrected chi connectivity index (χ1v) is 8.42. The number of nitrogens with zero attached hydrogens (tertiary/aromatic N) is 3. The molecule has 1 aromatic carbocycles. The average Bonchev–Trinajstić information content (AvgIpc) is 2.65. The van der Waals surface area contributed by atoms with Gasteiger partial charge in [0.15, 0.2) is 0 Å². The minimum absolute atomic E-state index is 0.138. The van der Waals surface area contributed by atoms with Gasteiger partial charge in [0.25, 0.3) is 0 Å². The van der Waals surface area contributed by atoms with E-state index in [0.29, 0.717) is 30.4 Å². The largest absolute Gasteiger partial charge is 0.478 e. The first-order chi connectivity index (χ1) is 13.0. The highest BCUT2D eigenvalue weighted by Gasteiger charge is 2.10. The molecule has 0 fully saturated rings. The first-order valence-electron chi connectivity index (χ1n) is 8.42. The van der Waals surface area contributed by atoms with Gasteiger partial charge in [0.2, 0.25) is 5.96 Å². The van der Waals surface area contributed by atoms with Crippen molar-refractivity contribution in [1.82, 2.24) is 20.7 Å². The Kier molecular flexibility index (Phi) is 7.45. The van der Waals surface area contributed by atoms with E-state index in [1.54, 1.807) is 43.6 Å². The minimum Gasteiger partial charge on any atom is -0.478 e. The number of guanidine groups is 1. The number of likely N-dealkylation sites (N-methyl/N-ethyl adjacent to an activating group) is 1. The summed E-state index contributed by atoms with van der Waals surface area (Å²) in [4.78, 5) is 21.7. The molecule has 2 rings (SSSR count). The van der Waals surface area contributed by atoms with Crippen LogP contribution in [0.3, 0.4) is 0 Å². The number of hydrogen-bond donors (Lipinski definition) is 3. The summed E-state index contributed by atoms with van der Waals surface area (Å²) < 4.78 is 13.4. The molecule has 0 unspecified atom stereocenters. The lowest BCUT2D eigenvalue weighted by molar-refractivity contribution is 0.0696. The number of carboxylic acids is 1. The van der Waals surface area contributed by atoms with Crippen molar-refractivity contribution < 1.29 is 14.3 Å². The van der Waals surface area contributed by atoms with E-state index in [2.05, 4.69) is 20.8 Å². The van der Waals surface area contributed by atoms with Crippen molar-refractivity contribution in [3.8, 4) is 0 Å². The van der Waals surface area contributed by atoms with E-state index in [-0.39, 0.29) is 11.4 Å². The summed E-state index contributed by atoms with van der Waals surface area (Å²) in [6, 6.07) is 9.09. The Balaban J connectivity index is 2.19. The lowest BCUT2D eigenvalue weighted by atomic mass is 10.2. The zero-order valence-corrected chi connectivity index (χ0v) is 15.2. The third kappa shape index (κ3) is 5.89. The average molecular weight is 371 g/mol. The van der Waals surface area contributed by atoms with Crippen LogP contribution in [0.25, 0.3) is 6.08 Å². The number of aromatic nitrogens is 1. The monoisotopic (exact) mass is 371 g/mol. The molecule has 0 bridgehead atoms. The van der Waals surface area contributed by atoms with Gasteiger partial charge >= 0.3 is 5.97 Å². The van der Waals surface area contributed by atoms with Crippen molar-refractivity contribution in [2.75, 3.05) is 20.1 Å². The Morgan fingerprint density at radius 3 is 2.85 bits per heavy atom. The van der Waals surface area contributed by atoms with Crippen molar-refractivity contribution >= 4 is 23.7 Å². The Hall–Kier alpha value is -3.26. The number of carbonyl (C=O) groups is 1. The third-order valence-electron chi connectivity index (χ3n) is 3.63. The molecule has 3 N–H and O–H groups in total. The molecule has 0 spiro atoms. The summed E-state index contributed by atoms with van der Waals surface area (Å²) >= 11 is 0. The normalized spacial score (nSPS) is 11.6. The van der Waals surface area contributed by atoms with Crippen LogP contribution in [0.2, 0.25) is 0 Å². The summed E-state index contributed by atoms with van der Waals surface area (Å²) in [6.07, 6.45) is 5.01. The van der Waals surface area contributed by atoms with Crippen LogP contribution in [0, 0.1) is 5.82 Å². The Morgan fingerprint density at radius 2 is 2.19 bits per heavy atom. The second kappa shape index (κ2) is 10.0. The second-order valence-corrected chi connectivity index (χ2v) is 5.47. The summed E-state index contributed by atoms with van der Waals surface area (Å²) in [5.74, 6) is -0.880. The number of benzene rings is 1. The number of pyridine rings is 1. The highest BCUT2D eigenvalue weighted by molar-refractivity contribution is 5.91. The third-order valence-corrected chi connectivity index (χ3v) is 3.63. The van der Waals surface area contributed by atoms with E-state index in [0.717, 1.165) is 0 Å². The lowest BCUT2D eigenvalue weighted by Crippen LogP contribution is -2.46. The molecule has 0 atom stereocenters. The molecule has 0 radical (unpaired) electrons. The number of rotatable bonds is 7. The van der Waals surface area contributed by atoms with Gasteiger partial charge in [-0.3, -0.25) is 10.4 Å². The molecule has 0 aliphatic carbocycles. The van der Waals surface area contributed by atoms with E-state index in [1.807, 2.05) is 11.8 Å². The topological polar surface area (TPSA) is 89.9 Å². The fourth-order valence-corrected chi connectivity index (χ4v) is 2.35. The molecule has 0 saturated heterocycles. The maximum atomic E-state index is 13.4. The van der Waals surface area contributed by atoms with Crippen LogP contribution >= 0.6 is 0 Å². The Labute approximate surface area is 157 Å². The van der Waals surface area contributed by atoms with Crippen LogP contribution in [0.4, 0.5) is 10.1 Å². The second-order valence-electron chi connectivity index (χ2n) is 5.47. The van der Waals surface area contributed by atoms with Crippen LogP contribution in [0.15, 0.2) is 53.7 Å². The number of aliphatic imine (C=N–C) groups is 1. The van der Waals surface area contributed by atoms with E-state index < -0.39 is 5.97 Å². The molecule has 27 heavy (non-hydrogen) atoms. The van der Waals surface area contributed by atoms with E-state index in [9.17, 15) is 14.3 Å². The van der Waals surface area contributed by atoms with Gasteiger partial charge in [-0.2, -0.15) is 0 Å². The maximum Gasteiger partial charge on any atom is 0.337 e. The Morgan fingerprint density at radius 1 is 1.37 bits per heavy atom. The van der Waals surface area contributed by atoms with Gasteiger partial charge in [-0.15, -0.1) is 0 Å². The summed E-state index contributed by atoms with van der Waals surface area (Å²) in [7, 11) is 1.71. The van der Waals surface area contributed by atoms with Gasteiger partial charge < -0.3 is 10.0 Å². The molecule has 0 aliphatic heterocycles. The summed E-state index contributed by atoms with van der Waals surface area (Å²) in [6.45, 7) is 3.03. The quantitative estimate of drug-likeness (QED) is 0.394. The van der Waals surface area contributed by atoms with Crippen molar-refractivity contribution in [3.63, 3.8) is 0 Å². The molecule has 1 heterocycles. The van der Waals surface area contributed by atoms with Gasteiger partial charge in [-0.05, 0) is 43.3 Å². The van der Waals surface area contributed by atoms with Gasteiger partial charge in [0.1, 0.15) is 5.82 Å². The predicted octanol–water partition coefficient (Wildman–Crippen LogP) is 2.67. The summed E-state index contributed by atoms with van der Waals surface area (Å²) in [5.41, 5.74) is 6.76. The van der Waals surface area contributed by atoms with Gasteiger partial charge in [-0.25, -0.2) is 19.6 Å². The standard InChI is InChI=1S/C19H22FN5O2/c1-3-25(12-6-10-17-16(18(26)27)9-5-11-22-17)19(24-21-2)23-15-8-4-7-14(20)13-15/h4-11,13,21H,3,12H2,1-2H3,(H,23,24)(H,26,27). The molecule has 0 saturated carbocycles. The fraction of sp³-hybridized carbons (Fsp3) is 0.211. The number of hydrazine groups is 1. The zero-order valence-electron chi connectivity index (χ0n) is 15.2. The highest BCUT2D eigenvalue weighted by atomic mass is 19.1. The number of carboxylic acid groups (broad SMARTS) is 1. The van der Waals surface area contributed by atoms with Crippen molar-refractivity contribution in [3.05, 3.63) is 65.7 Å². The van der Waals surface area contributed by atoms with Crippen LogP contribution in [-0.4, -0.2) is 47.1 Å². The van der Waals surface area contributed by atoms with Gasteiger partial charge in [-0.1, -0.05) is 12.1 Å². The van der Waals surface area contributed by atoms with Gasteiger partial charge in [0, 0.05) is 26.3 Å². The van der Waals surface area contributed by atoms with Crippen molar-refractivity contribution in [2.45, 2.75) is 6.92 Å². The predicted molar refractivity (Wildman–Crippen MR) is 103 cm³/mol. The zero-order chi connectivity index (χ0) is 19.6. The molecule has 1 aromatic heterocycles. The SMILES string of the molecule is CCN(CC=Cc1ncccc1C(=O)O)C(=Nc1cccc(F)c1)NNC. The van der Waals surface area contributed by atoms with E-state index in [1.165, 1.54) is 18.2 Å². The molecule has 0 amide bonds. The van der Waals surface area contributed by atoms with E-state index in [4.69, 9.17) is 0 Å². The minimum atomic E-state index is -1.03. The molecular formula is C19H22FN5O2. The van der Waals surface area contributed by atoms with Crippen LogP contribution in [-0.2, 0) is 0 Å². The van der Waals surface area contributed by atoms with Crippen LogP contribution in [0.5, 0.6) is 0 Å². The molecule has 8 heteroatoms. The summed E-state index contributed by atoms with van der Waals surface area (Å²) in [5, 5.41) is 9.21. The van der Waals surface area contributed by atoms with Gasteiger partial charge in [0.05, 0.1) is 16.9 Å². The first kappa shape index (κ1) is 20.1. The lowest BCUT2D eigenvalue weighted by Gasteiger charge is -2.23. The van der Waals surface area contributed by atoms with E-state index >= 15 is 0 Å². The number of hydrogen-bond acceptors (Lipinski definition) is 4. The maximum absolute atomic E-state index is 13.4. The molecule has 0 aliphatic rings. The van der Waals surface area contributed by atoms with Crippen LogP contribution < -0.4 is 10.9 Å². The fourth-order valence-electron chi connectivity index (χ4n) is 2.35.